The minimum absolute atomic E-state index is 0.0881. The van der Waals surface area contributed by atoms with Crippen LogP contribution in [-0.4, -0.2) is 21.8 Å². The highest BCUT2D eigenvalue weighted by Gasteiger charge is 2.48. The number of hydrogen-bond acceptors (Lipinski definition) is 5. The number of benzene rings is 3. The van der Waals surface area contributed by atoms with Gasteiger partial charge >= 0.3 is 5.91 Å². The van der Waals surface area contributed by atoms with E-state index in [0.717, 1.165) is 34.4 Å². The van der Waals surface area contributed by atoms with Gasteiger partial charge in [-0.2, -0.15) is 0 Å². The number of carbonyl (C=O) groups is 2. The number of fused-ring (bicyclic) bond motifs is 1. The van der Waals surface area contributed by atoms with Gasteiger partial charge in [0.25, 0.3) is 5.78 Å². The highest BCUT2D eigenvalue weighted by atomic mass is 32.1. The molecule has 33 heavy (non-hydrogen) atoms. The molecule has 164 valence electrons. The summed E-state index contributed by atoms with van der Waals surface area (Å²) in [4.78, 5) is 31.6. The van der Waals surface area contributed by atoms with Crippen molar-refractivity contribution in [2.75, 3.05) is 4.90 Å². The minimum atomic E-state index is -1.20. The number of aromatic nitrogens is 1. The van der Waals surface area contributed by atoms with Crippen molar-refractivity contribution in [3.05, 3.63) is 101 Å². The lowest BCUT2D eigenvalue weighted by Gasteiger charge is -2.23. The van der Waals surface area contributed by atoms with E-state index in [1.807, 2.05) is 0 Å². The summed E-state index contributed by atoms with van der Waals surface area (Å²) in [6.45, 7) is 0. The van der Waals surface area contributed by atoms with Crippen LogP contribution >= 0.6 is 11.3 Å². The zero-order chi connectivity index (χ0) is 23.3. The van der Waals surface area contributed by atoms with Crippen molar-refractivity contribution in [3.63, 3.8) is 0 Å². The Hall–Kier alpha value is -3.98. The molecule has 0 saturated carbocycles. The monoisotopic (exact) mass is 466 g/mol. The number of Topliss-reactive ketones (excluding diaryl/α,β-unsaturated/α-hetero) is 1. The summed E-state index contributed by atoms with van der Waals surface area (Å²) in [6.07, 6.45) is 0. The predicted octanol–water partition coefficient (Wildman–Crippen LogP) is 5.34. The van der Waals surface area contributed by atoms with E-state index < -0.39 is 40.9 Å². The summed E-state index contributed by atoms with van der Waals surface area (Å²) >= 11 is 0.983. The molecule has 4 aromatic rings. The highest BCUT2D eigenvalue weighted by molar-refractivity contribution is 7.22. The number of carbonyl (C=O) groups excluding carboxylic acids is 2. The molecule has 0 spiro atoms. The van der Waals surface area contributed by atoms with Gasteiger partial charge in [0.2, 0.25) is 0 Å². The van der Waals surface area contributed by atoms with Gasteiger partial charge in [-0.15, -0.1) is 0 Å². The SMILES string of the molecule is O=C1C(=O)N(c2nc3ccc(F)cc3s2)[C@H](c2cccc(F)c2)C1=C(O)c1ccc(F)cc1. The third-order valence-corrected chi connectivity index (χ3v) is 6.29. The van der Waals surface area contributed by atoms with Gasteiger partial charge in [0.05, 0.1) is 21.8 Å². The fourth-order valence-electron chi connectivity index (χ4n) is 3.77. The quantitative estimate of drug-likeness (QED) is 0.251. The van der Waals surface area contributed by atoms with Gasteiger partial charge in [-0.1, -0.05) is 23.5 Å². The van der Waals surface area contributed by atoms with Gasteiger partial charge in [0.1, 0.15) is 23.2 Å². The molecule has 1 N–H and O–H groups in total. The van der Waals surface area contributed by atoms with Crippen LogP contribution in [0.25, 0.3) is 16.0 Å². The first-order valence-corrected chi connectivity index (χ1v) is 10.5. The smallest absolute Gasteiger partial charge is 0.301 e. The maximum atomic E-state index is 14.1. The number of aliphatic hydroxyl groups is 1. The maximum Gasteiger partial charge on any atom is 0.301 e. The third kappa shape index (κ3) is 3.56. The van der Waals surface area contributed by atoms with Gasteiger partial charge in [-0.05, 0) is 60.2 Å². The molecule has 1 saturated heterocycles. The average molecular weight is 466 g/mol. The zero-order valence-electron chi connectivity index (χ0n) is 16.6. The van der Waals surface area contributed by atoms with Crippen molar-refractivity contribution in [1.82, 2.24) is 4.98 Å². The Kier molecular flexibility index (Phi) is 4.98. The van der Waals surface area contributed by atoms with Gasteiger partial charge in [-0.25, -0.2) is 18.2 Å². The van der Waals surface area contributed by atoms with Crippen molar-refractivity contribution in [2.24, 2.45) is 0 Å². The van der Waals surface area contributed by atoms with Crippen molar-refractivity contribution < 1.29 is 27.9 Å². The van der Waals surface area contributed by atoms with Crippen molar-refractivity contribution in [3.8, 4) is 0 Å². The van der Waals surface area contributed by atoms with Crippen LogP contribution in [0.1, 0.15) is 17.2 Å². The molecule has 9 heteroatoms. The molecular formula is C24H13F3N2O3S. The summed E-state index contributed by atoms with van der Waals surface area (Å²) in [6, 6.07) is 12.7. The first kappa shape index (κ1) is 20.9. The molecule has 1 aromatic heterocycles. The van der Waals surface area contributed by atoms with E-state index in [1.165, 1.54) is 48.5 Å². The van der Waals surface area contributed by atoms with Crippen LogP contribution in [-0.2, 0) is 9.59 Å². The van der Waals surface area contributed by atoms with E-state index in [4.69, 9.17) is 0 Å². The third-order valence-electron chi connectivity index (χ3n) is 5.27. The summed E-state index contributed by atoms with van der Waals surface area (Å²) in [5.74, 6) is -4.15. The molecular weight excluding hydrogens is 453 g/mol. The number of aliphatic hydroxyl groups excluding tert-OH is 1. The Balaban J connectivity index is 1.74. The molecule has 5 rings (SSSR count). The molecule has 5 nitrogen and oxygen atoms in total. The van der Waals surface area contributed by atoms with Crippen LogP contribution in [0.4, 0.5) is 18.3 Å². The molecule has 1 amide bonds. The van der Waals surface area contributed by atoms with E-state index in [2.05, 4.69) is 4.98 Å². The second kappa shape index (κ2) is 7.86. The van der Waals surface area contributed by atoms with Gasteiger partial charge in [0, 0.05) is 5.56 Å². The van der Waals surface area contributed by atoms with Crippen molar-refractivity contribution in [1.29, 1.82) is 0 Å². The number of ketones is 1. The molecule has 1 aliphatic heterocycles. The molecule has 0 radical (unpaired) electrons. The van der Waals surface area contributed by atoms with E-state index in [0.29, 0.717) is 10.2 Å². The lowest BCUT2D eigenvalue weighted by Crippen LogP contribution is -2.29. The van der Waals surface area contributed by atoms with Crippen LogP contribution in [0.2, 0.25) is 0 Å². The number of thiazole rings is 1. The Morgan fingerprint density at radius 1 is 0.909 bits per heavy atom. The highest BCUT2D eigenvalue weighted by Crippen LogP contribution is 2.44. The van der Waals surface area contributed by atoms with Crippen LogP contribution in [0.15, 0.2) is 72.3 Å². The second-order valence-electron chi connectivity index (χ2n) is 7.34. The zero-order valence-corrected chi connectivity index (χ0v) is 17.4. The topological polar surface area (TPSA) is 70.5 Å². The molecule has 0 unspecified atom stereocenters. The first-order chi connectivity index (χ1) is 15.8. The van der Waals surface area contributed by atoms with E-state index >= 15 is 0 Å². The van der Waals surface area contributed by atoms with E-state index in [-0.39, 0.29) is 21.8 Å². The molecule has 2 heterocycles. The molecule has 1 fully saturated rings. The predicted molar refractivity (Wildman–Crippen MR) is 117 cm³/mol. The minimum Gasteiger partial charge on any atom is -0.507 e. The number of amides is 1. The van der Waals surface area contributed by atoms with Gasteiger partial charge in [-0.3, -0.25) is 14.5 Å². The normalized spacial score (nSPS) is 17.8. The standard InChI is InChI=1S/C24H13F3N2O3S/c25-14-6-4-12(5-7-14)21(30)19-20(13-2-1-3-15(26)10-13)29(23(32)22(19)31)24-28-17-9-8-16(27)11-18(17)33-24/h1-11,20,30H/t20-/m1/s1. The fraction of sp³-hybridized carbons (Fsp3) is 0.0417. The number of halogens is 3. The Labute approximate surface area is 189 Å². The largest absolute Gasteiger partial charge is 0.507 e. The second-order valence-corrected chi connectivity index (χ2v) is 8.35. The first-order valence-electron chi connectivity index (χ1n) is 9.72. The van der Waals surface area contributed by atoms with E-state index in [9.17, 15) is 27.9 Å². The Morgan fingerprint density at radius 3 is 2.33 bits per heavy atom. The molecule has 0 aliphatic carbocycles. The number of nitrogens with zero attached hydrogens (tertiary/aromatic N) is 2. The number of anilines is 1. The Morgan fingerprint density at radius 2 is 1.61 bits per heavy atom. The summed E-state index contributed by atoms with van der Waals surface area (Å²) < 4.78 is 41.6. The van der Waals surface area contributed by atoms with Gasteiger partial charge in [0.15, 0.2) is 5.13 Å². The lowest BCUT2D eigenvalue weighted by molar-refractivity contribution is -0.132. The molecule has 1 atom stereocenters. The molecule has 0 bridgehead atoms. The van der Waals surface area contributed by atoms with Crippen molar-refractivity contribution in [2.45, 2.75) is 6.04 Å². The van der Waals surface area contributed by atoms with Crippen LogP contribution in [0, 0.1) is 17.5 Å². The van der Waals surface area contributed by atoms with Crippen LogP contribution in [0.5, 0.6) is 0 Å². The van der Waals surface area contributed by atoms with Gasteiger partial charge < -0.3 is 5.11 Å². The Bertz CT molecular complexity index is 1460. The number of hydrogen-bond donors (Lipinski definition) is 1. The van der Waals surface area contributed by atoms with Crippen LogP contribution in [0.3, 0.4) is 0 Å². The van der Waals surface area contributed by atoms with Crippen LogP contribution < -0.4 is 4.90 Å². The summed E-state index contributed by atoms with van der Waals surface area (Å²) in [5.41, 5.74) is 0.461. The van der Waals surface area contributed by atoms with Crippen molar-refractivity contribution >= 4 is 44.1 Å². The fourth-order valence-corrected chi connectivity index (χ4v) is 4.79. The summed E-state index contributed by atoms with van der Waals surface area (Å²) in [7, 11) is 0. The maximum absolute atomic E-state index is 14.1. The average Bonchev–Trinajstić information content (AvgIpc) is 3.32. The summed E-state index contributed by atoms with van der Waals surface area (Å²) in [5, 5.41) is 11.0. The molecule has 3 aromatic carbocycles. The molecule has 1 aliphatic rings. The lowest BCUT2D eigenvalue weighted by atomic mass is 9.95. The number of rotatable bonds is 3. The van der Waals surface area contributed by atoms with E-state index in [1.54, 1.807) is 0 Å².